The highest BCUT2D eigenvalue weighted by Crippen LogP contribution is 2.45. The molecule has 7 heteroatoms. The zero-order chi connectivity index (χ0) is 24.5. The second-order valence-electron chi connectivity index (χ2n) is 11.9. The number of hydrogen-bond acceptors (Lipinski definition) is 5. The molecule has 1 aromatic rings. The van der Waals surface area contributed by atoms with Crippen LogP contribution in [-0.2, 0) is 16.1 Å². The van der Waals surface area contributed by atoms with E-state index in [0.29, 0.717) is 24.5 Å². The van der Waals surface area contributed by atoms with Gasteiger partial charge in [-0.2, -0.15) is 0 Å². The van der Waals surface area contributed by atoms with Crippen LogP contribution in [0.5, 0.6) is 0 Å². The maximum Gasteiger partial charge on any atom is 0.410 e. The Labute approximate surface area is 204 Å². The van der Waals surface area contributed by atoms with Crippen LogP contribution in [-0.4, -0.2) is 65.9 Å². The van der Waals surface area contributed by atoms with Gasteiger partial charge in [0.15, 0.2) is 0 Å². The fraction of sp³-hybridized carbons (Fsp3) is 0.704. The van der Waals surface area contributed by atoms with Crippen LogP contribution in [0.4, 0.5) is 9.59 Å². The van der Waals surface area contributed by atoms with E-state index >= 15 is 0 Å². The van der Waals surface area contributed by atoms with Crippen LogP contribution in [0, 0.1) is 17.3 Å². The number of carbonyl (C=O) groups is 2. The molecule has 0 bridgehead atoms. The van der Waals surface area contributed by atoms with Crippen LogP contribution in [0.2, 0.25) is 0 Å². The van der Waals surface area contributed by atoms with E-state index in [1.165, 1.54) is 0 Å². The molecule has 1 spiro atoms. The Balaban J connectivity index is 1.22. The Bertz CT molecular complexity index is 854. The number of ether oxygens (including phenoxy) is 2. The third-order valence-corrected chi connectivity index (χ3v) is 7.46. The van der Waals surface area contributed by atoms with Crippen LogP contribution in [0.25, 0.3) is 0 Å². The van der Waals surface area contributed by atoms with Crippen molar-refractivity contribution in [2.75, 3.05) is 26.2 Å². The molecule has 2 aliphatic heterocycles. The molecule has 188 valence electrons. The van der Waals surface area contributed by atoms with Crippen molar-refractivity contribution in [1.29, 1.82) is 0 Å². The van der Waals surface area contributed by atoms with Gasteiger partial charge in [0, 0.05) is 43.7 Å². The number of amides is 2. The van der Waals surface area contributed by atoms with Crippen LogP contribution < -0.4 is 5.32 Å². The molecule has 34 heavy (non-hydrogen) atoms. The fourth-order valence-corrected chi connectivity index (χ4v) is 5.98. The summed E-state index contributed by atoms with van der Waals surface area (Å²) in [5.74, 6) is 1.14. The van der Waals surface area contributed by atoms with Crippen molar-refractivity contribution in [1.82, 2.24) is 15.1 Å². The first kappa shape index (κ1) is 24.8. The molecule has 3 fully saturated rings. The van der Waals surface area contributed by atoms with E-state index in [1.807, 2.05) is 56.0 Å². The van der Waals surface area contributed by atoms with Crippen molar-refractivity contribution >= 4 is 12.2 Å². The van der Waals surface area contributed by atoms with E-state index in [1.54, 1.807) is 0 Å². The fourth-order valence-electron chi connectivity index (χ4n) is 5.98. The molecule has 2 heterocycles. The summed E-state index contributed by atoms with van der Waals surface area (Å²) in [5.41, 5.74) is 0.749. The largest absolute Gasteiger partial charge is 0.445 e. The minimum Gasteiger partial charge on any atom is -0.445 e. The first-order valence-electron chi connectivity index (χ1n) is 12.7. The predicted molar refractivity (Wildman–Crippen MR) is 131 cm³/mol. The van der Waals surface area contributed by atoms with Gasteiger partial charge in [-0.3, -0.25) is 4.90 Å². The topological polar surface area (TPSA) is 71.1 Å². The average molecular weight is 472 g/mol. The highest BCUT2D eigenvalue weighted by Gasteiger charge is 2.53. The number of hydrogen-bond donors (Lipinski definition) is 1. The third-order valence-electron chi connectivity index (χ3n) is 7.46. The summed E-state index contributed by atoms with van der Waals surface area (Å²) in [5, 5.41) is 3.02. The molecule has 0 aromatic heterocycles. The maximum atomic E-state index is 12.6. The van der Waals surface area contributed by atoms with Gasteiger partial charge in [0.1, 0.15) is 12.2 Å². The van der Waals surface area contributed by atoms with Crippen molar-refractivity contribution in [2.24, 2.45) is 17.3 Å². The minimum atomic E-state index is -0.469. The van der Waals surface area contributed by atoms with Gasteiger partial charge in [0.2, 0.25) is 0 Å². The van der Waals surface area contributed by atoms with Gasteiger partial charge in [-0.25, -0.2) is 9.59 Å². The molecule has 1 aromatic carbocycles. The lowest BCUT2D eigenvalue weighted by atomic mass is 9.68. The quantitative estimate of drug-likeness (QED) is 0.653. The van der Waals surface area contributed by atoms with Gasteiger partial charge in [-0.05, 0) is 57.4 Å². The maximum absolute atomic E-state index is 12.6. The Morgan fingerprint density at radius 3 is 2.41 bits per heavy atom. The van der Waals surface area contributed by atoms with Crippen LogP contribution in [0.1, 0.15) is 59.4 Å². The van der Waals surface area contributed by atoms with Crippen molar-refractivity contribution in [3.05, 3.63) is 35.9 Å². The molecule has 1 aliphatic carbocycles. The molecule has 0 unspecified atom stereocenters. The summed E-state index contributed by atoms with van der Waals surface area (Å²) in [6.45, 7) is 14.2. The van der Waals surface area contributed by atoms with E-state index in [0.717, 1.165) is 51.0 Å². The molecule has 3 aliphatic rings. The third kappa shape index (κ3) is 5.85. The van der Waals surface area contributed by atoms with Crippen molar-refractivity contribution < 1.29 is 19.1 Å². The SMILES string of the molecule is CC(C)[C@H](C1CC(NC(=O)OC(C)(C)C)C1)N1CC2(CCN(C(=O)OCc3ccccc3)C2)C1. The number of likely N-dealkylation sites (tertiary alicyclic amines) is 2. The number of benzene rings is 1. The second kappa shape index (κ2) is 9.76. The number of rotatable bonds is 6. The zero-order valence-corrected chi connectivity index (χ0v) is 21.4. The van der Waals surface area contributed by atoms with Gasteiger partial charge < -0.3 is 19.7 Å². The summed E-state index contributed by atoms with van der Waals surface area (Å²) in [7, 11) is 0. The van der Waals surface area contributed by atoms with Gasteiger partial charge in [0.25, 0.3) is 0 Å². The summed E-state index contributed by atoms with van der Waals surface area (Å²) in [6.07, 6.45) is 2.54. The van der Waals surface area contributed by atoms with E-state index in [-0.39, 0.29) is 23.6 Å². The van der Waals surface area contributed by atoms with Gasteiger partial charge in [-0.15, -0.1) is 0 Å². The van der Waals surface area contributed by atoms with E-state index in [4.69, 9.17) is 9.47 Å². The molecular formula is C27H41N3O4. The highest BCUT2D eigenvalue weighted by molar-refractivity contribution is 5.68. The predicted octanol–water partition coefficient (Wildman–Crippen LogP) is 4.66. The summed E-state index contributed by atoms with van der Waals surface area (Å²) in [6, 6.07) is 10.5. The van der Waals surface area contributed by atoms with Gasteiger partial charge in [0.05, 0.1) is 0 Å². The normalized spacial score (nSPS) is 24.9. The van der Waals surface area contributed by atoms with Gasteiger partial charge in [-0.1, -0.05) is 44.2 Å². The zero-order valence-electron chi connectivity index (χ0n) is 21.4. The number of carbonyl (C=O) groups excluding carboxylic acids is 2. The Morgan fingerprint density at radius 2 is 1.79 bits per heavy atom. The van der Waals surface area contributed by atoms with Crippen LogP contribution in [0.3, 0.4) is 0 Å². The lowest BCUT2D eigenvalue weighted by Gasteiger charge is -2.56. The monoisotopic (exact) mass is 471 g/mol. The molecule has 1 N–H and O–H groups in total. The highest BCUT2D eigenvalue weighted by atomic mass is 16.6. The Kier molecular flexibility index (Phi) is 7.13. The molecule has 2 saturated heterocycles. The first-order valence-corrected chi connectivity index (χ1v) is 12.7. The van der Waals surface area contributed by atoms with Crippen molar-refractivity contribution in [2.45, 2.75) is 78.2 Å². The molecule has 1 atom stereocenters. The smallest absolute Gasteiger partial charge is 0.410 e. The lowest BCUT2D eigenvalue weighted by molar-refractivity contribution is -0.0734. The molecular weight excluding hydrogens is 430 g/mol. The molecule has 7 nitrogen and oxygen atoms in total. The molecule has 0 radical (unpaired) electrons. The summed E-state index contributed by atoms with van der Waals surface area (Å²) in [4.78, 5) is 29.2. The number of alkyl carbamates (subject to hydrolysis) is 1. The van der Waals surface area contributed by atoms with Crippen molar-refractivity contribution in [3.8, 4) is 0 Å². The van der Waals surface area contributed by atoms with E-state index in [2.05, 4.69) is 24.1 Å². The second-order valence-corrected chi connectivity index (χ2v) is 11.9. The van der Waals surface area contributed by atoms with E-state index in [9.17, 15) is 9.59 Å². The van der Waals surface area contributed by atoms with Gasteiger partial charge >= 0.3 is 12.2 Å². The van der Waals surface area contributed by atoms with Crippen molar-refractivity contribution in [3.63, 3.8) is 0 Å². The molecule has 2 amide bonds. The molecule has 1 saturated carbocycles. The summed E-state index contributed by atoms with van der Waals surface area (Å²) < 4.78 is 11.0. The summed E-state index contributed by atoms with van der Waals surface area (Å²) >= 11 is 0. The first-order chi connectivity index (χ1) is 16.0. The Morgan fingerprint density at radius 1 is 1.12 bits per heavy atom. The lowest BCUT2D eigenvalue weighted by Crippen LogP contribution is -2.65. The standard InChI is InChI=1S/C27H41N3O4/c1-19(2)23(21-13-22(14-21)28-24(31)34-26(3,4)5)30-17-27(18-30)11-12-29(16-27)25(32)33-15-20-9-7-6-8-10-20/h6-10,19,21-23H,11-18H2,1-5H3,(H,28,31)/t21?,22?,23-/m1/s1. The Hall–Kier alpha value is -2.28. The minimum absolute atomic E-state index is 0.199. The van der Waals surface area contributed by atoms with Crippen LogP contribution >= 0.6 is 0 Å². The number of nitrogens with one attached hydrogen (secondary N) is 1. The molecule has 4 rings (SSSR count). The average Bonchev–Trinajstić information content (AvgIpc) is 3.15. The van der Waals surface area contributed by atoms with Crippen LogP contribution in [0.15, 0.2) is 30.3 Å². The number of nitrogens with zero attached hydrogens (tertiary/aromatic N) is 2. The van der Waals surface area contributed by atoms with E-state index < -0.39 is 5.60 Å².